The number of methoxy groups -OCH3 is 1. The maximum absolute atomic E-state index is 13.6. The van der Waals surface area contributed by atoms with Crippen LogP contribution in [0.4, 0.5) is 5.69 Å². The molecule has 2 aliphatic heterocycles. The van der Waals surface area contributed by atoms with Gasteiger partial charge in [-0.05, 0) is 56.7 Å². The Morgan fingerprint density at radius 1 is 0.969 bits per heavy atom. The van der Waals surface area contributed by atoms with Gasteiger partial charge >= 0.3 is 0 Å². The third-order valence-electron chi connectivity index (χ3n) is 6.03. The van der Waals surface area contributed by atoms with E-state index in [1.807, 2.05) is 6.07 Å². The van der Waals surface area contributed by atoms with Gasteiger partial charge in [-0.2, -0.15) is 4.31 Å². The van der Waals surface area contributed by atoms with Gasteiger partial charge in [0.25, 0.3) is 5.91 Å². The highest BCUT2D eigenvalue weighted by Gasteiger charge is 2.31. The number of anilines is 1. The summed E-state index contributed by atoms with van der Waals surface area (Å²) in [6.45, 7) is 4.85. The lowest BCUT2D eigenvalue weighted by Crippen LogP contribution is -2.38. The molecule has 0 aliphatic carbocycles. The second-order valence-corrected chi connectivity index (χ2v) is 10.3. The number of nitrogens with one attached hydrogen (secondary N) is 1. The lowest BCUT2D eigenvalue weighted by atomic mass is 10.1. The molecular formula is C23H37N3O5S. The van der Waals surface area contributed by atoms with Gasteiger partial charge in [0.1, 0.15) is 4.90 Å². The number of nitrogens with zero attached hydrogens (tertiary/aromatic N) is 2. The Morgan fingerprint density at radius 3 is 2.34 bits per heavy atom. The maximum Gasteiger partial charge on any atom is 0.251 e. The van der Waals surface area contributed by atoms with Crippen molar-refractivity contribution < 1.29 is 22.7 Å². The number of benzene rings is 1. The number of carbonyl (C=O) groups excluding carboxylic acids is 1. The van der Waals surface area contributed by atoms with Gasteiger partial charge in [-0.15, -0.1) is 0 Å². The fraction of sp³-hybridized carbons (Fsp3) is 0.696. The van der Waals surface area contributed by atoms with Crippen molar-refractivity contribution in [3.05, 3.63) is 23.8 Å². The van der Waals surface area contributed by atoms with E-state index in [4.69, 9.17) is 9.47 Å². The average Bonchev–Trinajstić information content (AvgIpc) is 2.84. The van der Waals surface area contributed by atoms with Gasteiger partial charge in [-0.25, -0.2) is 8.42 Å². The van der Waals surface area contributed by atoms with Crippen molar-refractivity contribution in [2.24, 2.45) is 0 Å². The molecule has 1 aromatic carbocycles. The number of sulfonamides is 1. The molecule has 0 spiro atoms. The third-order valence-corrected chi connectivity index (χ3v) is 7.96. The van der Waals surface area contributed by atoms with Gasteiger partial charge in [-0.3, -0.25) is 4.79 Å². The van der Waals surface area contributed by atoms with E-state index in [2.05, 4.69) is 10.2 Å². The van der Waals surface area contributed by atoms with Crippen LogP contribution in [0.1, 0.15) is 55.3 Å². The van der Waals surface area contributed by atoms with Gasteiger partial charge in [-0.1, -0.05) is 6.42 Å². The second kappa shape index (κ2) is 12.5. The van der Waals surface area contributed by atoms with E-state index in [0.29, 0.717) is 51.4 Å². The van der Waals surface area contributed by atoms with E-state index in [0.717, 1.165) is 50.9 Å². The number of rotatable bonds is 11. The Labute approximate surface area is 192 Å². The van der Waals surface area contributed by atoms with Crippen LogP contribution in [0.15, 0.2) is 23.1 Å². The second-order valence-electron chi connectivity index (χ2n) is 8.41. The Hall–Kier alpha value is -1.68. The molecule has 0 saturated carbocycles. The molecule has 1 N–H and O–H groups in total. The van der Waals surface area contributed by atoms with Crippen molar-refractivity contribution in [2.75, 3.05) is 64.6 Å². The van der Waals surface area contributed by atoms with Crippen LogP contribution in [-0.2, 0) is 19.5 Å². The fourth-order valence-corrected chi connectivity index (χ4v) is 5.98. The molecule has 2 saturated heterocycles. The minimum atomic E-state index is -3.66. The number of carbonyl (C=O) groups is 1. The van der Waals surface area contributed by atoms with Crippen molar-refractivity contribution in [1.82, 2.24) is 9.62 Å². The molecule has 0 atom stereocenters. The molecule has 0 unspecified atom stereocenters. The Kier molecular flexibility index (Phi) is 9.77. The molecule has 1 aromatic rings. The number of amides is 1. The van der Waals surface area contributed by atoms with Crippen molar-refractivity contribution in [1.29, 1.82) is 0 Å². The third kappa shape index (κ3) is 6.66. The molecule has 180 valence electrons. The molecule has 2 fully saturated rings. The summed E-state index contributed by atoms with van der Waals surface area (Å²) in [6, 6.07) is 5.12. The quantitative estimate of drug-likeness (QED) is 0.504. The summed E-state index contributed by atoms with van der Waals surface area (Å²) < 4.78 is 39.0. The zero-order valence-electron chi connectivity index (χ0n) is 19.2. The van der Waals surface area contributed by atoms with Gasteiger partial charge in [0.2, 0.25) is 10.0 Å². The summed E-state index contributed by atoms with van der Waals surface area (Å²) in [5, 5.41) is 2.87. The Bertz CT molecular complexity index is 834. The number of ether oxygens (including phenoxy) is 2. The monoisotopic (exact) mass is 467 g/mol. The molecule has 0 radical (unpaired) electrons. The standard InChI is InChI=1S/C23H37N3O5S/c1-30-17-18-31-16-8-11-24-23(27)20-9-10-21(25-12-4-2-5-13-25)22(19-20)32(28,29)26-14-6-3-7-15-26/h9-10,19H,2-8,11-18H2,1H3,(H,24,27). The van der Waals surface area contributed by atoms with Crippen LogP contribution >= 0.6 is 0 Å². The minimum absolute atomic E-state index is 0.261. The van der Waals surface area contributed by atoms with E-state index >= 15 is 0 Å². The Balaban J connectivity index is 1.73. The number of hydrogen-bond donors (Lipinski definition) is 1. The topological polar surface area (TPSA) is 88.2 Å². The predicted octanol–water partition coefficient (Wildman–Crippen LogP) is 2.63. The highest BCUT2D eigenvalue weighted by atomic mass is 32.2. The highest BCUT2D eigenvalue weighted by molar-refractivity contribution is 7.89. The van der Waals surface area contributed by atoms with Crippen LogP contribution in [0.25, 0.3) is 0 Å². The van der Waals surface area contributed by atoms with Crippen LogP contribution in [0.3, 0.4) is 0 Å². The molecule has 9 heteroatoms. The molecule has 2 aliphatic rings. The molecule has 8 nitrogen and oxygen atoms in total. The summed E-state index contributed by atoms with van der Waals surface area (Å²) in [4.78, 5) is 15.1. The van der Waals surface area contributed by atoms with Crippen LogP contribution in [0, 0.1) is 0 Å². The largest absolute Gasteiger partial charge is 0.382 e. The normalized spacial score (nSPS) is 18.0. The molecular weight excluding hydrogens is 430 g/mol. The lowest BCUT2D eigenvalue weighted by Gasteiger charge is -2.33. The van der Waals surface area contributed by atoms with Gasteiger partial charge in [0.05, 0.1) is 18.9 Å². The fourth-order valence-electron chi connectivity index (χ4n) is 4.22. The van der Waals surface area contributed by atoms with Gasteiger partial charge in [0, 0.05) is 52.0 Å². The van der Waals surface area contributed by atoms with E-state index in [1.165, 1.54) is 6.42 Å². The van der Waals surface area contributed by atoms with E-state index in [9.17, 15) is 13.2 Å². The first-order valence-corrected chi connectivity index (χ1v) is 13.2. The first-order chi connectivity index (χ1) is 15.5. The summed E-state index contributed by atoms with van der Waals surface area (Å²) in [6.07, 6.45) is 6.77. The number of piperidine rings is 2. The first kappa shape index (κ1) is 25.0. The molecule has 0 aromatic heterocycles. The highest BCUT2D eigenvalue weighted by Crippen LogP contribution is 2.32. The summed E-state index contributed by atoms with van der Waals surface area (Å²) in [5.74, 6) is -0.262. The SMILES string of the molecule is COCCOCCCNC(=O)c1ccc(N2CCCCC2)c(S(=O)(=O)N2CCCCC2)c1. The van der Waals surface area contributed by atoms with Crippen molar-refractivity contribution in [3.8, 4) is 0 Å². The zero-order valence-corrected chi connectivity index (χ0v) is 20.0. The van der Waals surface area contributed by atoms with Crippen LogP contribution < -0.4 is 10.2 Å². The van der Waals surface area contributed by atoms with E-state index in [-0.39, 0.29) is 10.8 Å². The molecule has 1 amide bonds. The summed E-state index contributed by atoms with van der Waals surface area (Å²) in [7, 11) is -2.03. The van der Waals surface area contributed by atoms with Crippen LogP contribution in [0.5, 0.6) is 0 Å². The predicted molar refractivity (Wildman–Crippen MR) is 125 cm³/mol. The molecule has 3 rings (SSSR count). The molecule has 2 heterocycles. The maximum atomic E-state index is 13.6. The smallest absolute Gasteiger partial charge is 0.251 e. The Morgan fingerprint density at radius 2 is 1.66 bits per heavy atom. The van der Waals surface area contributed by atoms with Crippen molar-refractivity contribution >= 4 is 21.6 Å². The minimum Gasteiger partial charge on any atom is -0.382 e. The number of hydrogen-bond acceptors (Lipinski definition) is 6. The first-order valence-electron chi connectivity index (χ1n) is 11.8. The van der Waals surface area contributed by atoms with E-state index < -0.39 is 10.0 Å². The van der Waals surface area contributed by atoms with Crippen LogP contribution in [0.2, 0.25) is 0 Å². The van der Waals surface area contributed by atoms with Gasteiger partial charge < -0.3 is 19.7 Å². The summed E-state index contributed by atoms with van der Waals surface area (Å²) in [5.41, 5.74) is 1.10. The van der Waals surface area contributed by atoms with Gasteiger partial charge in [0.15, 0.2) is 0 Å². The van der Waals surface area contributed by atoms with Crippen LogP contribution in [-0.4, -0.2) is 78.3 Å². The molecule has 0 bridgehead atoms. The van der Waals surface area contributed by atoms with Crippen molar-refractivity contribution in [2.45, 2.75) is 49.8 Å². The lowest BCUT2D eigenvalue weighted by molar-refractivity contribution is 0.0688. The summed E-state index contributed by atoms with van der Waals surface area (Å²) >= 11 is 0. The van der Waals surface area contributed by atoms with E-state index in [1.54, 1.807) is 23.5 Å². The average molecular weight is 468 g/mol. The zero-order chi connectivity index (χ0) is 22.8. The van der Waals surface area contributed by atoms with Crippen molar-refractivity contribution in [3.63, 3.8) is 0 Å². The molecule has 32 heavy (non-hydrogen) atoms.